The normalized spacial score (nSPS) is 14.3. The quantitative estimate of drug-likeness (QED) is 0.844. The first-order valence-corrected chi connectivity index (χ1v) is 8.30. The predicted molar refractivity (Wildman–Crippen MR) is 96.0 cm³/mol. The molecule has 2 heterocycles. The molecule has 2 amide bonds. The van der Waals surface area contributed by atoms with Crippen molar-refractivity contribution in [2.24, 2.45) is 0 Å². The Balaban J connectivity index is 1.74. The lowest BCUT2D eigenvalue weighted by Crippen LogP contribution is -2.46. The zero-order valence-corrected chi connectivity index (χ0v) is 14.5. The van der Waals surface area contributed by atoms with Gasteiger partial charge in [0.1, 0.15) is 5.69 Å². The van der Waals surface area contributed by atoms with Crippen molar-refractivity contribution in [2.45, 2.75) is 6.92 Å². The molecule has 1 fully saturated rings. The molecule has 1 saturated heterocycles. The molecule has 1 aromatic heterocycles. The van der Waals surface area contributed by atoms with Crippen molar-refractivity contribution in [1.29, 1.82) is 0 Å². The van der Waals surface area contributed by atoms with Gasteiger partial charge in [0.05, 0.1) is 0 Å². The lowest BCUT2D eigenvalue weighted by Gasteiger charge is -2.32. The largest absolute Gasteiger partial charge is 0.342 e. The highest BCUT2D eigenvalue weighted by molar-refractivity contribution is 6.31. The summed E-state index contributed by atoms with van der Waals surface area (Å²) >= 11 is 6.08. The Labute approximate surface area is 150 Å². The van der Waals surface area contributed by atoms with E-state index in [9.17, 15) is 9.59 Å². The number of hydrogen-bond donors (Lipinski definition) is 1. The van der Waals surface area contributed by atoms with Gasteiger partial charge < -0.3 is 15.1 Å². The summed E-state index contributed by atoms with van der Waals surface area (Å²) in [5, 5.41) is 3.42. The first-order valence-electron chi connectivity index (χ1n) is 7.92. The summed E-state index contributed by atoms with van der Waals surface area (Å²) in [5.41, 5.74) is 1.73. The molecular formula is C17H18ClN5O2. The molecule has 2 aromatic rings. The van der Waals surface area contributed by atoms with E-state index in [0.717, 1.165) is 12.0 Å². The van der Waals surface area contributed by atoms with Crippen LogP contribution in [0.1, 0.15) is 16.1 Å². The summed E-state index contributed by atoms with van der Waals surface area (Å²) in [6.45, 7) is 4.35. The molecule has 25 heavy (non-hydrogen) atoms. The number of amides is 2. The maximum absolute atomic E-state index is 12.5. The number of nitrogens with one attached hydrogen (secondary N) is 1. The van der Waals surface area contributed by atoms with Crippen molar-refractivity contribution >= 4 is 35.6 Å². The Morgan fingerprint density at radius 3 is 2.72 bits per heavy atom. The van der Waals surface area contributed by atoms with Crippen LogP contribution in [0.15, 0.2) is 30.5 Å². The second kappa shape index (κ2) is 7.48. The highest BCUT2D eigenvalue weighted by atomic mass is 35.5. The van der Waals surface area contributed by atoms with E-state index in [2.05, 4.69) is 15.3 Å². The number of hydrogen-bond acceptors (Lipinski definition) is 5. The summed E-state index contributed by atoms with van der Waals surface area (Å²) in [5.74, 6) is 0.168. The van der Waals surface area contributed by atoms with Crippen LogP contribution < -0.4 is 10.2 Å². The SMILES string of the molecule is Cc1c(Cl)cccc1NC(=O)c1ccnc(N2CCN(C=O)CC2)n1. The fourth-order valence-corrected chi connectivity index (χ4v) is 2.76. The maximum atomic E-state index is 12.5. The molecule has 8 heteroatoms. The Bertz CT molecular complexity index is 790. The van der Waals surface area contributed by atoms with Crippen LogP contribution in [0.2, 0.25) is 5.02 Å². The maximum Gasteiger partial charge on any atom is 0.274 e. The van der Waals surface area contributed by atoms with Crippen LogP contribution in [0.4, 0.5) is 11.6 Å². The zero-order valence-electron chi connectivity index (χ0n) is 13.8. The van der Waals surface area contributed by atoms with E-state index in [1.807, 2.05) is 11.8 Å². The molecule has 1 aromatic carbocycles. The fraction of sp³-hybridized carbons (Fsp3) is 0.294. The van der Waals surface area contributed by atoms with Crippen molar-refractivity contribution < 1.29 is 9.59 Å². The number of piperazine rings is 1. The van der Waals surface area contributed by atoms with E-state index in [-0.39, 0.29) is 11.6 Å². The summed E-state index contributed by atoms with van der Waals surface area (Å²) in [6.07, 6.45) is 2.41. The van der Waals surface area contributed by atoms with E-state index in [0.29, 0.717) is 42.8 Å². The molecule has 0 unspecified atom stereocenters. The highest BCUT2D eigenvalue weighted by Gasteiger charge is 2.19. The standard InChI is InChI=1S/C17H18ClN5O2/c1-12-13(18)3-2-4-14(12)20-16(25)15-5-6-19-17(21-15)23-9-7-22(11-24)8-10-23/h2-6,11H,7-10H2,1H3,(H,20,25). The second-order valence-corrected chi connectivity index (χ2v) is 6.14. The Kier molecular flexibility index (Phi) is 5.14. The molecular weight excluding hydrogens is 342 g/mol. The molecule has 1 N–H and O–H groups in total. The molecule has 0 bridgehead atoms. The Morgan fingerprint density at radius 1 is 1.24 bits per heavy atom. The minimum Gasteiger partial charge on any atom is -0.342 e. The lowest BCUT2D eigenvalue weighted by atomic mass is 10.2. The van der Waals surface area contributed by atoms with E-state index in [1.54, 1.807) is 35.4 Å². The van der Waals surface area contributed by atoms with Crippen LogP contribution in [0, 0.1) is 6.92 Å². The van der Waals surface area contributed by atoms with Gasteiger partial charge in [-0.3, -0.25) is 9.59 Å². The smallest absolute Gasteiger partial charge is 0.274 e. The average molecular weight is 360 g/mol. The van der Waals surface area contributed by atoms with Crippen molar-refractivity contribution in [3.05, 3.63) is 46.7 Å². The number of benzene rings is 1. The van der Waals surface area contributed by atoms with Crippen LogP contribution in [0.3, 0.4) is 0 Å². The first kappa shape index (κ1) is 17.2. The third kappa shape index (κ3) is 3.88. The molecule has 0 spiro atoms. The number of aromatic nitrogens is 2. The Morgan fingerprint density at radius 2 is 2.00 bits per heavy atom. The van der Waals surface area contributed by atoms with Crippen LogP contribution >= 0.6 is 11.6 Å². The predicted octanol–water partition coefficient (Wildman–Crippen LogP) is 1.97. The summed E-state index contributed by atoms with van der Waals surface area (Å²) in [7, 11) is 0. The minimum absolute atomic E-state index is 0.280. The van der Waals surface area contributed by atoms with Gasteiger partial charge in [0.25, 0.3) is 5.91 Å². The Hall–Kier alpha value is -2.67. The second-order valence-electron chi connectivity index (χ2n) is 5.74. The molecule has 1 aliphatic heterocycles. The third-order valence-corrected chi connectivity index (χ3v) is 4.55. The van der Waals surface area contributed by atoms with Gasteiger partial charge in [-0.15, -0.1) is 0 Å². The van der Waals surface area contributed by atoms with Gasteiger partial charge in [-0.1, -0.05) is 17.7 Å². The van der Waals surface area contributed by atoms with Gasteiger partial charge in [-0.25, -0.2) is 9.97 Å². The van der Waals surface area contributed by atoms with E-state index < -0.39 is 0 Å². The first-order chi connectivity index (χ1) is 12.1. The third-order valence-electron chi connectivity index (χ3n) is 4.14. The number of nitrogens with zero attached hydrogens (tertiary/aromatic N) is 4. The zero-order chi connectivity index (χ0) is 17.8. The van der Waals surface area contributed by atoms with Gasteiger partial charge in [-0.2, -0.15) is 0 Å². The van der Waals surface area contributed by atoms with Crippen molar-refractivity contribution in [1.82, 2.24) is 14.9 Å². The van der Waals surface area contributed by atoms with E-state index >= 15 is 0 Å². The van der Waals surface area contributed by atoms with Crippen LogP contribution in [-0.2, 0) is 4.79 Å². The molecule has 1 aliphatic rings. The molecule has 7 nitrogen and oxygen atoms in total. The molecule has 0 saturated carbocycles. The van der Waals surface area contributed by atoms with Gasteiger partial charge in [-0.05, 0) is 30.7 Å². The van der Waals surface area contributed by atoms with Gasteiger partial charge in [0.15, 0.2) is 0 Å². The molecule has 3 rings (SSSR count). The summed E-state index contributed by atoms with van der Waals surface area (Å²) < 4.78 is 0. The summed E-state index contributed by atoms with van der Waals surface area (Å²) in [6, 6.07) is 6.91. The van der Waals surface area contributed by atoms with Crippen molar-refractivity contribution in [3.8, 4) is 0 Å². The number of carbonyl (C=O) groups is 2. The minimum atomic E-state index is -0.319. The lowest BCUT2D eigenvalue weighted by molar-refractivity contribution is -0.118. The molecule has 0 aliphatic carbocycles. The van der Waals surface area contributed by atoms with Gasteiger partial charge in [0, 0.05) is 43.1 Å². The summed E-state index contributed by atoms with van der Waals surface area (Å²) in [4.78, 5) is 35.5. The number of anilines is 2. The topological polar surface area (TPSA) is 78.4 Å². The van der Waals surface area contributed by atoms with Crippen molar-refractivity contribution in [2.75, 3.05) is 36.4 Å². The van der Waals surface area contributed by atoms with Crippen molar-refractivity contribution in [3.63, 3.8) is 0 Å². The van der Waals surface area contributed by atoms with Crippen LogP contribution in [0.25, 0.3) is 0 Å². The number of halogens is 1. The van der Waals surface area contributed by atoms with E-state index in [1.165, 1.54) is 0 Å². The van der Waals surface area contributed by atoms with E-state index in [4.69, 9.17) is 11.6 Å². The number of carbonyl (C=O) groups excluding carboxylic acids is 2. The molecule has 0 atom stereocenters. The number of rotatable bonds is 4. The average Bonchev–Trinajstić information content (AvgIpc) is 2.65. The van der Waals surface area contributed by atoms with Crippen LogP contribution in [0.5, 0.6) is 0 Å². The monoisotopic (exact) mass is 359 g/mol. The fourth-order valence-electron chi connectivity index (χ4n) is 2.58. The highest BCUT2D eigenvalue weighted by Crippen LogP contribution is 2.23. The molecule has 130 valence electrons. The van der Waals surface area contributed by atoms with Crippen LogP contribution in [-0.4, -0.2) is 53.4 Å². The molecule has 0 radical (unpaired) electrons. The van der Waals surface area contributed by atoms with Gasteiger partial charge in [0.2, 0.25) is 12.4 Å². The van der Waals surface area contributed by atoms with Gasteiger partial charge >= 0.3 is 0 Å².